The molecule has 0 amide bonds. The van der Waals surface area contributed by atoms with Gasteiger partial charge >= 0.3 is 0 Å². The maximum atomic E-state index is 5.28. The van der Waals surface area contributed by atoms with Crippen LogP contribution in [-0.2, 0) is 6.54 Å². The van der Waals surface area contributed by atoms with Crippen LogP contribution in [0.5, 0.6) is 0 Å². The van der Waals surface area contributed by atoms with Crippen LogP contribution in [0.1, 0.15) is 12.6 Å². The Balaban J connectivity index is 1.94. The first kappa shape index (κ1) is 10.9. The smallest absolute Gasteiger partial charge is 0.162 e. The molecule has 0 unspecified atom stereocenters. The first-order valence-electron chi connectivity index (χ1n) is 4.99. The fraction of sp³-hybridized carbons (Fsp3) is 0.250. The monoisotopic (exact) mass is 232 g/mol. The molecular weight excluding hydrogens is 220 g/mol. The van der Waals surface area contributed by atoms with Crippen LogP contribution in [0.15, 0.2) is 28.2 Å². The SMILES string of the molecule is CC#CCNCc1csc(-c2ccco2)n1. The van der Waals surface area contributed by atoms with Gasteiger partial charge in [0.1, 0.15) is 0 Å². The highest BCUT2D eigenvalue weighted by Gasteiger charge is 2.05. The molecule has 3 nitrogen and oxygen atoms in total. The number of nitrogens with one attached hydrogen (secondary N) is 1. The molecule has 0 aliphatic rings. The number of hydrogen-bond donors (Lipinski definition) is 1. The molecule has 0 aromatic carbocycles. The summed E-state index contributed by atoms with van der Waals surface area (Å²) < 4.78 is 5.28. The van der Waals surface area contributed by atoms with Gasteiger partial charge < -0.3 is 9.73 Å². The first-order valence-corrected chi connectivity index (χ1v) is 5.86. The van der Waals surface area contributed by atoms with Crippen LogP contribution < -0.4 is 5.32 Å². The van der Waals surface area contributed by atoms with E-state index in [0.717, 1.165) is 23.0 Å². The molecule has 2 aromatic rings. The van der Waals surface area contributed by atoms with E-state index < -0.39 is 0 Å². The summed E-state index contributed by atoms with van der Waals surface area (Å²) in [4.78, 5) is 4.46. The van der Waals surface area contributed by atoms with E-state index in [1.54, 1.807) is 17.6 Å². The Morgan fingerprint density at radius 3 is 3.25 bits per heavy atom. The summed E-state index contributed by atoms with van der Waals surface area (Å²) in [5, 5.41) is 6.15. The predicted octanol–water partition coefficient (Wildman–Crippen LogP) is 2.52. The molecule has 82 valence electrons. The average molecular weight is 232 g/mol. The summed E-state index contributed by atoms with van der Waals surface area (Å²) in [6.07, 6.45) is 1.66. The van der Waals surface area contributed by atoms with Crippen molar-refractivity contribution in [2.75, 3.05) is 6.54 Å². The van der Waals surface area contributed by atoms with Gasteiger partial charge in [-0.05, 0) is 19.1 Å². The fourth-order valence-corrected chi connectivity index (χ4v) is 2.03. The number of hydrogen-bond acceptors (Lipinski definition) is 4. The lowest BCUT2D eigenvalue weighted by atomic mass is 10.4. The van der Waals surface area contributed by atoms with Gasteiger partial charge in [-0.25, -0.2) is 4.98 Å². The molecule has 0 radical (unpaired) electrons. The van der Waals surface area contributed by atoms with Gasteiger partial charge in [0.05, 0.1) is 18.5 Å². The third-order valence-electron chi connectivity index (χ3n) is 1.98. The van der Waals surface area contributed by atoms with Crippen molar-refractivity contribution in [3.63, 3.8) is 0 Å². The van der Waals surface area contributed by atoms with Crippen LogP contribution in [0.3, 0.4) is 0 Å². The van der Waals surface area contributed by atoms with Crippen LogP contribution in [0, 0.1) is 11.8 Å². The van der Waals surface area contributed by atoms with Gasteiger partial charge in [0.2, 0.25) is 0 Å². The second-order valence-corrected chi connectivity index (χ2v) is 4.01. The van der Waals surface area contributed by atoms with Crippen molar-refractivity contribution in [1.29, 1.82) is 0 Å². The molecule has 0 fully saturated rings. The molecule has 2 heterocycles. The van der Waals surface area contributed by atoms with E-state index in [-0.39, 0.29) is 0 Å². The van der Waals surface area contributed by atoms with Crippen molar-refractivity contribution < 1.29 is 4.42 Å². The molecule has 2 rings (SSSR count). The van der Waals surface area contributed by atoms with Crippen LogP contribution in [0.2, 0.25) is 0 Å². The van der Waals surface area contributed by atoms with E-state index in [2.05, 4.69) is 22.1 Å². The van der Waals surface area contributed by atoms with Crippen molar-refractivity contribution in [2.45, 2.75) is 13.5 Å². The number of furan rings is 1. The minimum atomic E-state index is 0.699. The largest absolute Gasteiger partial charge is 0.462 e. The van der Waals surface area contributed by atoms with Gasteiger partial charge in [0.25, 0.3) is 0 Å². The van der Waals surface area contributed by atoms with Crippen molar-refractivity contribution in [2.24, 2.45) is 0 Å². The molecule has 0 bridgehead atoms. The first-order chi connectivity index (χ1) is 7.90. The molecule has 2 aromatic heterocycles. The molecule has 0 saturated carbocycles. The molecule has 0 atom stereocenters. The molecule has 0 spiro atoms. The highest BCUT2D eigenvalue weighted by atomic mass is 32.1. The lowest BCUT2D eigenvalue weighted by Crippen LogP contribution is -2.13. The topological polar surface area (TPSA) is 38.1 Å². The molecule has 0 saturated heterocycles. The lowest BCUT2D eigenvalue weighted by Gasteiger charge is -1.95. The lowest BCUT2D eigenvalue weighted by molar-refractivity contribution is 0.581. The predicted molar refractivity (Wildman–Crippen MR) is 65.0 cm³/mol. The minimum absolute atomic E-state index is 0.699. The molecule has 0 aliphatic heterocycles. The Kier molecular flexibility index (Phi) is 3.76. The highest BCUT2D eigenvalue weighted by Crippen LogP contribution is 2.23. The van der Waals surface area contributed by atoms with Gasteiger partial charge in [-0.2, -0.15) is 0 Å². The van der Waals surface area contributed by atoms with Gasteiger partial charge in [-0.1, -0.05) is 5.92 Å². The van der Waals surface area contributed by atoms with E-state index in [1.807, 2.05) is 24.4 Å². The molecule has 1 N–H and O–H groups in total. The summed E-state index contributed by atoms with van der Waals surface area (Å²) in [6.45, 7) is 3.27. The van der Waals surface area contributed by atoms with Crippen molar-refractivity contribution in [3.8, 4) is 22.6 Å². The van der Waals surface area contributed by atoms with Crippen LogP contribution in [0.4, 0.5) is 0 Å². The number of nitrogens with zero attached hydrogens (tertiary/aromatic N) is 1. The number of rotatable bonds is 4. The zero-order chi connectivity index (χ0) is 11.2. The Morgan fingerprint density at radius 1 is 1.56 bits per heavy atom. The van der Waals surface area contributed by atoms with Crippen molar-refractivity contribution in [3.05, 3.63) is 29.5 Å². The highest BCUT2D eigenvalue weighted by molar-refractivity contribution is 7.13. The zero-order valence-electron chi connectivity index (χ0n) is 8.99. The van der Waals surface area contributed by atoms with Crippen molar-refractivity contribution in [1.82, 2.24) is 10.3 Å². The van der Waals surface area contributed by atoms with Crippen LogP contribution >= 0.6 is 11.3 Å². The Labute approximate surface area is 98.5 Å². The van der Waals surface area contributed by atoms with E-state index in [4.69, 9.17) is 4.42 Å². The third kappa shape index (κ3) is 2.72. The summed E-state index contributed by atoms with van der Waals surface area (Å²) in [7, 11) is 0. The Hall–Kier alpha value is -1.57. The second-order valence-electron chi connectivity index (χ2n) is 3.15. The van der Waals surface area contributed by atoms with E-state index in [1.165, 1.54) is 0 Å². The summed E-state index contributed by atoms with van der Waals surface area (Å²) in [5.74, 6) is 6.61. The quantitative estimate of drug-likeness (QED) is 0.650. The van der Waals surface area contributed by atoms with E-state index in [0.29, 0.717) is 6.54 Å². The van der Waals surface area contributed by atoms with Crippen molar-refractivity contribution >= 4 is 11.3 Å². The molecule has 16 heavy (non-hydrogen) atoms. The van der Waals surface area contributed by atoms with Gasteiger partial charge in [-0.3, -0.25) is 0 Å². The Morgan fingerprint density at radius 2 is 2.50 bits per heavy atom. The number of aromatic nitrogens is 1. The maximum absolute atomic E-state index is 5.28. The fourth-order valence-electron chi connectivity index (χ4n) is 1.24. The van der Waals surface area contributed by atoms with Gasteiger partial charge in [0, 0.05) is 11.9 Å². The standard InChI is InChI=1S/C12H12N2OS/c1-2-3-6-13-8-10-9-16-12(14-10)11-5-4-7-15-11/h4-5,7,9,13H,6,8H2,1H3. The second kappa shape index (κ2) is 5.50. The van der Waals surface area contributed by atoms with Crippen LogP contribution in [-0.4, -0.2) is 11.5 Å². The maximum Gasteiger partial charge on any atom is 0.162 e. The average Bonchev–Trinajstić information content (AvgIpc) is 2.94. The van der Waals surface area contributed by atoms with Crippen LogP contribution in [0.25, 0.3) is 10.8 Å². The third-order valence-corrected chi connectivity index (χ3v) is 2.89. The van der Waals surface area contributed by atoms with E-state index in [9.17, 15) is 0 Å². The molecular formula is C12H12N2OS. The van der Waals surface area contributed by atoms with Gasteiger partial charge in [-0.15, -0.1) is 17.3 Å². The normalized spacial score (nSPS) is 9.81. The summed E-state index contributed by atoms with van der Waals surface area (Å²) in [6, 6.07) is 3.78. The number of thiazole rings is 1. The Bertz CT molecular complexity index is 491. The molecule has 4 heteroatoms. The summed E-state index contributed by atoms with van der Waals surface area (Å²) in [5.41, 5.74) is 1.02. The van der Waals surface area contributed by atoms with E-state index >= 15 is 0 Å². The van der Waals surface area contributed by atoms with Gasteiger partial charge in [0.15, 0.2) is 10.8 Å². The molecule has 0 aliphatic carbocycles. The summed E-state index contributed by atoms with van der Waals surface area (Å²) >= 11 is 1.59. The zero-order valence-corrected chi connectivity index (χ0v) is 9.80. The minimum Gasteiger partial charge on any atom is -0.462 e.